The first-order valence-corrected chi connectivity index (χ1v) is 10.9. The fraction of sp³-hybridized carbons (Fsp3) is 0.565. The number of aryl methyl sites for hydroxylation is 2. The number of piperidine rings is 1. The zero-order valence-corrected chi connectivity index (χ0v) is 18.0. The monoisotopic (exact) mass is 412 g/mol. The molecular weight excluding hydrogens is 380 g/mol. The molecule has 0 bridgehead atoms. The molecule has 1 atom stereocenters. The molecule has 3 heterocycles. The lowest BCUT2D eigenvalue weighted by molar-refractivity contribution is 0.0342. The highest BCUT2D eigenvalue weighted by molar-refractivity contribution is 5.92. The van der Waals surface area contributed by atoms with Crippen LogP contribution >= 0.6 is 0 Å². The van der Waals surface area contributed by atoms with Crippen LogP contribution in [0.15, 0.2) is 30.3 Å². The Morgan fingerprint density at radius 3 is 2.67 bits per heavy atom. The minimum absolute atomic E-state index is 0.0651. The number of aromatic nitrogens is 2. The predicted octanol–water partition coefficient (Wildman–Crippen LogP) is 2.49. The van der Waals surface area contributed by atoms with Crippen molar-refractivity contribution in [2.75, 3.05) is 46.0 Å². The van der Waals surface area contributed by atoms with Crippen molar-refractivity contribution in [1.29, 1.82) is 0 Å². The molecule has 2 aliphatic heterocycles. The summed E-state index contributed by atoms with van der Waals surface area (Å²) in [6.07, 6.45) is 2.10. The van der Waals surface area contributed by atoms with Gasteiger partial charge >= 0.3 is 0 Å². The molecule has 162 valence electrons. The van der Waals surface area contributed by atoms with Gasteiger partial charge in [-0.3, -0.25) is 14.4 Å². The van der Waals surface area contributed by atoms with Crippen LogP contribution in [-0.2, 0) is 18.3 Å². The maximum absolute atomic E-state index is 12.9. The summed E-state index contributed by atoms with van der Waals surface area (Å²) in [5, 5.41) is 4.30. The normalized spacial score (nSPS) is 20.3. The molecule has 2 aliphatic rings. The van der Waals surface area contributed by atoms with E-state index in [-0.39, 0.29) is 5.91 Å². The molecule has 0 unspecified atom stereocenters. The van der Waals surface area contributed by atoms with Crippen LogP contribution < -0.4 is 4.74 Å². The fourth-order valence-electron chi connectivity index (χ4n) is 4.28. The van der Waals surface area contributed by atoms with Crippen molar-refractivity contribution in [3.63, 3.8) is 0 Å². The number of benzene rings is 1. The summed E-state index contributed by atoms with van der Waals surface area (Å²) in [5.41, 5.74) is 2.82. The van der Waals surface area contributed by atoms with Crippen molar-refractivity contribution in [3.8, 4) is 5.75 Å². The van der Waals surface area contributed by atoms with Gasteiger partial charge in [-0.05, 0) is 43.5 Å². The van der Waals surface area contributed by atoms with Crippen LogP contribution in [0.4, 0.5) is 0 Å². The SMILES string of the molecule is Cc1cc(C(=O)N2CCC[C@@H](COc3ccc(CN4CCOCC4)cc3)C2)n(C)n1. The van der Waals surface area contributed by atoms with Crippen LogP contribution in [0.1, 0.15) is 34.6 Å². The topological polar surface area (TPSA) is 59.8 Å². The number of rotatable bonds is 6. The van der Waals surface area contributed by atoms with E-state index in [4.69, 9.17) is 9.47 Å². The van der Waals surface area contributed by atoms with Crippen LogP contribution in [0.5, 0.6) is 5.75 Å². The first kappa shape index (κ1) is 20.9. The largest absolute Gasteiger partial charge is 0.493 e. The summed E-state index contributed by atoms with van der Waals surface area (Å²) in [4.78, 5) is 17.2. The number of likely N-dealkylation sites (tertiary alicyclic amines) is 1. The Hall–Kier alpha value is -2.38. The molecule has 1 amide bonds. The van der Waals surface area contributed by atoms with Gasteiger partial charge in [-0.15, -0.1) is 0 Å². The Labute approximate surface area is 178 Å². The number of ether oxygens (including phenoxy) is 2. The van der Waals surface area contributed by atoms with Crippen molar-refractivity contribution < 1.29 is 14.3 Å². The molecule has 2 aromatic rings. The summed E-state index contributed by atoms with van der Waals surface area (Å²) < 4.78 is 13.1. The van der Waals surface area contributed by atoms with Crippen LogP contribution in [0.2, 0.25) is 0 Å². The fourth-order valence-corrected chi connectivity index (χ4v) is 4.28. The van der Waals surface area contributed by atoms with E-state index in [0.29, 0.717) is 18.2 Å². The van der Waals surface area contributed by atoms with Crippen molar-refractivity contribution in [2.45, 2.75) is 26.3 Å². The Morgan fingerprint density at radius 1 is 1.20 bits per heavy atom. The number of hydrogen-bond acceptors (Lipinski definition) is 5. The maximum atomic E-state index is 12.9. The molecule has 7 nitrogen and oxygen atoms in total. The molecule has 2 saturated heterocycles. The Kier molecular flexibility index (Phi) is 6.69. The second-order valence-corrected chi connectivity index (χ2v) is 8.40. The highest BCUT2D eigenvalue weighted by Crippen LogP contribution is 2.21. The standard InChI is InChI=1S/C23H32N4O3/c1-18-14-22(25(2)24-18)23(28)27-9-3-4-20(16-27)17-30-21-7-5-19(6-8-21)15-26-10-12-29-13-11-26/h5-8,14,20H,3-4,9-13,15-17H2,1-2H3/t20-/m1/s1. The lowest BCUT2D eigenvalue weighted by atomic mass is 9.98. The molecule has 2 fully saturated rings. The second-order valence-electron chi connectivity index (χ2n) is 8.40. The molecule has 30 heavy (non-hydrogen) atoms. The van der Waals surface area contributed by atoms with Gasteiger partial charge in [0, 0.05) is 45.7 Å². The highest BCUT2D eigenvalue weighted by Gasteiger charge is 2.26. The lowest BCUT2D eigenvalue weighted by Gasteiger charge is -2.32. The average molecular weight is 413 g/mol. The number of amides is 1. The van der Waals surface area contributed by atoms with E-state index in [1.54, 1.807) is 4.68 Å². The van der Waals surface area contributed by atoms with Gasteiger partial charge < -0.3 is 14.4 Å². The molecule has 0 N–H and O–H groups in total. The Bertz CT molecular complexity index is 843. The number of nitrogens with zero attached hydrogens (tertiary/aromatic N) is 4. The van der Waals surface area contributed by atoms with Gasteiger partial charge in [0.25, 0.3) is 5.91 Å². The third-order valence-corrected chi connectivity index (χ3v) is 5.95. The van der Waals surface area contributed by atoms with Crippen molar-refractivity contribution in [3.05, 3.63) is 47.3 Å². The van der Waals surface area contributed by atoms with Gasteiger partial charge in [-0.2, -0.15) is 5.10 Å². The van der Waals surface area contributed by atoms with Gasteiger partial charge in [-0.1, -0.05) is 12.1 Å². The number of morpholine rings is 1. The first-order valence-electron chi connectivity index (χ1n) is 10.9. The smallest absolute Gasteiger partial charge is 0.272 e. The van der Waals surface area contributed by atoms with Crippen molar-refractivity contribution in [2.24, 2.45) is 13.0 Å². The summed E-state index contributed by atoms with van der Waals surface area (Å²) in [6, 6.07) is 10.3. The van der Waals surface area contributed by atoms with Crippen molar-refractivity contribution in [1.82, 2.24) is 19.6 Å². The minimum Gasteiger partial charge on any atom is -0.493 e. The minimum atomic E-state index is 0.0651. The molecular formula is C23H32N4O3. The lowest BCUT2D eigenvalue weighted by Crippen LogP contribution is -2.42. The van der Waals surface area contributed by atoms with Gasteiger partial charge in [0.2, 0.25) is 0 Å². The van der Waals surface area contributed by atoms with Gasteiger partial charge in [0.05, 0.1) is 25.5 Å². The summed E-state index contributed by atoms with van der Waals surface area (Å²) in [5.74, 6) is 1.31. The van der Waals surface area contributed by atoms with E-state index in [2.05, 4.69) is 34.3 Å². The summed E-state index contributed by atoms with van der Waals surface area (Å²) in [7, 11) is 1.83. The predicted molar refractivity (Wildman–Crippen MR) is 115 cm³/mol. The zero-order valence-electron chi connectivity index (χ0n) is 18.0. The third kappa shape index (κ3) is 5.21. The summed E-state index contributed by atoms with van der Waals surface area (Å²) >= 11 is 0. The van der Waals surface area contributed by atoms with E-state index < -0.39 is 0 Å². The van der Waals surface area contributed by atoms with Crippen LogP contribution in [-0.4, -0.2) is 71.5 Å². The summed E-state index contributed by atoms with van der Waals surface area (Å²) in [6.45, 7) is 8.67. The van der Waals surface area contributed by atoms with Gasteiger partial charge in [0.1, 0.15) is 11.4 Å². The molecule has 0 aliphatic carbocycles. The van der Waals surface area contributed by atoms with Gasteiger partial charge in [0.15, 0.2) is 0 Å². The number of carbonyl (C=O) groups is 1. The molecule has 7 heteroatoms. The van der Waals surface area contributed by atoms with Crippen LogP contribution in [0, 0.1) is 12.8 Å². The van der Waals surface area contributed by atoms with Gasteiger partial charge in [-0.25, -0.2) is 0 Å². The molecule has 0 saturated carbocycles. The van der Waals surface area contributed by atoms with E-state index in [0.717, 1.165) is 70.2 Å². The molecule has 0 radical (unpaired) electrons. The van der Waals surface area contributed by atoms with E-state index in [1.165, 1.54) is 5.56 Å². The van der Waals surface area contributed by atoms with Crippen molar-refractivity contribution >= 4 is 5.91 Å². The van der Waals surface area contributed by atoms with Crippen LogP contribution in [0.3, 0.4) is 0 Å². The van der Waals surface area contributed by atoms with Crippen LogP contribution in [0.25, 0.3) is 0 Å². The maximum Gasteiger partial charge on any atom is 0.272 e. The molecule has 1 aromatic heterocycles. The third-order valence-electron chi connectivity index (χ3n) is 5.95. The van der Waals surface area contributed by atoms with E-state index in [9.17, 15) is 4.79 Å². The quantitative estimate of drug-likeness (QED) is 0.730. The first-order chi connectivity index (χ1) is 14.6. The Morgan fingerprint density at radius 2 is 1.97 bits per heavy atom. The highest BCUT2D eigenvalue weighted by atomic mass is 16.5. The van der Waals surface area contributed by atoms with E-state index in [1.807, 2.05) is 24.9 Å². The number of hydrogen-bond donors (Lipinski definition) is 0. The second kappa shape index (κ2) is 9.62. The Balaban J connectivity index is 1.27. The average Bonchev–Trinajstić information content (AvgIpc) is 3.11. The van der Waals surface area contributed by atoms with E-state index >= 15 is 0 Å². The molecule has 0 spiro atoms. The zero-order chi connectivity index (χ0) is 20.9. The molecule has 1 aromatic carbocycles. The number of carbonyl (C=O) groups excluding carboxylic acids is 1. The molecule has 4 rings (SSSR count).